The number of rotatable bonds is 7. The van der Waals surface area contributed by atoms with E-state index >= 15 is 0 Å². The molecule has 0 amide bonds. The molecule has 0 aromatic heterocycles. The highest BCUT2D eigenvalue weighted by molar-refractivity contribution is 5.96. The zero-order valence-corrected chi connectivity index (χ0v) is 38.2. The molecule has 0 aliphatic heterocycles. The Kier molecular flexibility index (Phi) is 23.8. The summed E-state index contributed by atoms with van der Waals surface area (Å²) >= 11 is 0. The summed E-state index contributed by atoms with van der Waals surface area (Å²) in [6.45, 7) is 29.8. The predicted octanol–water partition coefficient (Wildman–Crippen LogP) is 13.1. The largest absolute Gasteiger partial charge is 0.295 e. The van der Waals surface area contributed by atoms with Crippen LogP contribution in [0.1, 0.15) is 168 Å². The molecule has 0 spiro atoms. The molecule has 11 unspecified atom stereocenters. The number of carbonyl (C=O) groups is 5. The molecule has 5 aliphatic carbocycles. The van der Waals surface area contributed by atoms with Crippen molar-refractivity contribution in [3.8, 4) is 0 Å². The van der Waals surface area contributed by atoms with Crippen LogP contribution in [0, 0.1) is 65.1 Å². The maximum absolute atomic E-state index is 11.5. The topological polar surface area (TPSA) is 85.3 Å². The minimum Gasteiger partial charge on any atom is -0.295 e. The molecule has 5 aliphatic rings. The summed E-state index contributed by atoms with van der Waals surface area (Å²) in [5.74, 6) is 7.44. The van der Waals surface area contributed by atoms with Gasteiger partial charge in [-0.2, -0.15) is 0 Å². The summed E-state index contributed by atoms with van der Waals surface area (Å²) in [6.07, 6.45) is 24.5. The third-order valence-corrected chi connectivity index (χ3v) is 13.4. The first-order valence-corrected chi connectivity index (χ1v) is 22.5. The van der Waals surface area contributed by atoms with Crippen LogP contribution in [-0.4, -0.2) is 28.9 Å². The Morgan fingerprint density at radius 1 is 0.536 bits per heavy atom. The highest BCUT2D eigenvalue weighted by Crippen LogP contribution is 2.33. The molecule has 5 nitrogen and oxygen atoms in total. The minimum absolute atomic E-state index is 0.236. The van der Waals surface area contributed by atoms with Crippen LogP contribution in [0.3, 0.4) is 0 Å². The van der Waals surface area contributed by atoms with Crippen molar-refractivity contribution in [3.05, 3.63) is 59.3 Å². The van der Waals surface area contributed by atoms with Crippen LogP contribution in [-0.2, 0) is 24.0 Å². The molecule has 316 valence electrons. The summed E-state index contributed by atoms with van der Waals surface area (Å²) in [7, 11) is 0. The fourth-order valence-corrected chi connectivity index (χ4v) is 9.30. The first-order chi connectivity index (χ1) is 26.4. The second kappa shape index (κ2) is 26.1. The molecule has 0 saturated heterocycles. The summed E-state index contributed by atoms with van der Waals surface area (Å²) in [5.41, 5.74) is 3.33. The molecule has 0 saturated carbocycles. The van der Waals surface area contributed by atoms with E-state index in [1.54, 1.807) is 12.2 Å². The van der Waals surface area contributed by atoms with Crippen LogP contribution in [0.15, 0.2) is 59.3 Å². The van der Waals surface area contributed by atoms with Crippen LogP contribution >= 0.6 is 0 Å². The maximum atomic E-state index is 11.5. The third-order valence-electron chi connectivity index (χ3n) is 13.4. The Morgan fingerprint density at radius 3 is 1.50 bits per heavy atom. The number of hydrogen-bond donors (Lipinski definition) is 0. The molecule has 11 atom stereocenters. The molecule has 0 bridgehead atoms. The first-order valence-electron chi connectivity index (χ1n) is 22.5. The van der Waals surface area contributed by atoms with E-state index < -0.39 is 0 Å². The van der Waals surface area contributed by atoms with Gasteiger partial charge in [-0.15, -0.1) is 0 Å². The molecule has 0 radical (unpaired) electrons. The third kappa shape index (κ3) is 16.1. The lowest BCUT2D eigenvalue weighted by Crippen LogP contribution is -2.29. The van der Waals surface area contributed by atoms with E-state index in [0.29, 0.717) is 82.2 Å². The van der Waals surface area contributed by atoms with Crippen molar-refractivity contribution < 1.29 is 24.0 Å². The van der Waals surface area contributed by atoms with E-state index in [9.17, 15) is 24.0 Å². The van der Waals surface area contributed by atoms with E-state index in [1.807, 2.05) is 26.0 Å². The lowest BCUT2D eigenvalue weighted by Gasteiger charge is -2.30. The standard InChI is InChI=1S/2C11H18O.2C10H16O.C9H14O/c1-4-9-7-11(12)10(5-2)6-8(9)3;1-4-9-8(3)6-7-11(12)10(9)5-2;1-4-9-6-10(11)8(3)5-7(9)2;1-4-9-7(2)5-6-10(11)8(9)3;1-3-8-4-7(2)5-9(10)6-8/h6,8-9H,4-5,7H2,1-3H3;6-10H,4-5H2,1-3H3;5,7,9H,4,6H2,1-3H3;5-9H,4H2,1-3H3;6-7H,3-5H2,1-2H3. The SMILES string of the molecule is CCC1=CC(=O)CC(C)C1.CCC1=CC(C)C(CC)CC1=O.CCC1C(=O)C=CC(C)C1CC.CCC1C(C)C=CC(=O)C1C.CCC1CC(=O)C(C)=CC1C. The quantitative estimate of drug-likeness (QED) is 0.257. The van der Waals surface area contributed by atoms with E-state index in [4.69, 9.17) is 0 Å². The van der Waals surface area contributed by atoms with Crippen molar-refractivity contribution in [1.29, 1.82) is 0 Å². The highest BCUT2D eigenvalue weighted by Gasteiger charge is 2.31. The smallest absolute Gasteiger partial charge is 0.158 e. The van der Waals surface area contributed by atoms with Crippen molar-refractivity contribution in [3.63, 3.8) is 0 Å². The Bertz CT molecular complexity index is 1430. The first kappa shape index (κ1) is 51.1. The average molecular weight is 775 g/mol. The fourth-order valence-electron chi connectivity index (χ4n) is 9.30. The zero-order chi connectivity index (χ0) is 42.7. The van der Waals surface area contributed by atoms with Crippen molar-refractivity contribution >= 4 is 28.9 Å². The number of carbonyl (C=O) groups excluding carboxylic acids is 5. The second-order valence-corrected chi connectivity index (χ2v) is 17.5. The minimum atomic E-state index is 0.236. The van der Waals surface area contributed by atoms with Gasteiger partial charge in [0.15, 0.2) is 28.9 Å². The van der Waals surface area contributed by atoms with Crippen LogP contribution < -0.4 is 0 Å². The Morgan fingerprint density at radius 2 is 1.05 bits per heavy atom. The molecule has 0 aromatic rings. The number of Topliss-reactive ketones (excluding diaryl/α,β-unsaturated/α-hetero) is 2. The Hall–Kier alpha value is -2.95. The van der Waals surface area contributed by atoms with Gasteiger partial charge >= 0.3 is 0 Å². The Labute approximate surface area is 343 Å². The van der Waals surface area contributed by atoms with Crippen LogP contribution in [0.4, 0.5) is 0 Å². The fraction of sp³-hybridized carbons (Fsp3) is 0.706. The molecule has 5 heteroatoms. The molecular weight excluding hydrogens is 693 g/mol. The van der Waals surface area contributed by atoms with Crippen molar-refractivity contribution in [2.75, 3.05) is 0 Å². The Balaban J connectivity index is 0.000000350. The van der Waals surface area contributed by atoms with Gasteiger partial charge in [0.2, 0.25) is 0 Å². The summed E-state index contributed by atoms with van der Waals surface area (Å²) in [4.78, 5) is 56.4. The molecule has 0 fully saturated rings. The lowest BCUT2D eigenvalue weighted by molar-refractivity contribution is -0.121. The van der Waals surface area contributed by atoms with Gasteiger partial charge in [-0.1, -0.05) is 146 Å². The van der Waals surface area contributed by atoms with Gasteiger partial charge in [-0.25, -0.2) is 0 Å². The predicted molar refractivity (Wildman–Crippen MR) is 236 cm³/mol. The van der Waals surface area contributed by atoms with Gasteiger partial charge in [0, 0.05) is 31.1 Å². The van der Waals surface area contributed by atoms with Gasteiger partial charge in [-0.3, -0.25) is 24.0 Å². The molecule has 0 heterocycles. The summed E-state index contributed by atoms with van der Waals surface area (Å²) in [6, 6.07) is 0. The van der Waals surface area contributed by atoms with E-state index in [2.05, 4.69) is 101 Å². The molecule has 56 heavy (non-hydrogen) atoms. The maximum Gasteiger partial charge on any atom is 0.158 e. The normalized spacial score (nSPS) is 32.5. The van der Waals surface area contributed by atoms with Gasteiger partial charge in [0.05, 0.1) is 0 Å². The monoisotopic (exact) mass is 775 g/mol. The van der Waals surface area contributed by atoms with Gasteiger partial charge in [-0.05, 0) is 115 Å². The number of ketones is 5. The van der Waals surface area contributed by atoms with E-state index in [-0.39, 0.29) is 11.8 Å². The van der Waals surface area contributed by atoms with Gasteiger partial charge < -0.3 is 0 Å². The van der Waals surface area contributed by atoms with Gasteiger partial charge in [0.1, 0.15) is 0 Å². The molecular formula is C51H82O5. The lowest BCUT2D eigenvalue weighted by atomic mass is 9.73. The zero-order valence-electron chi connectivity index (χ0n) is 38.2. The average Bonchev–Trinajstić information content (AvgIpc) is 3.17. The van der Waals surface area contributed by atoms with E-state index in [0.717, 1.165) is 81.8 Å². The molecule has 0 N–H and O–H groups in total. The van der Waals surface area contributed by atoms with Crippen LogP contribution in [0.25, 0.3) is 0 Å². The molecule has 0 aromatic carbocycles. The van der Waals surface area contributed by atoms with E-state index in [1.165, 1.54) is 5.57 Å². The second-order valence-electron chi connectivity index (χ2n) is 17.5. The van der Waals surface area contributed by atoms with Crippen molar-refractivity contribution in [2.45, 2.75) is 168 Å². The van der Waals surface area contributed by atoms with Crippen molar-refractivity contribution in [1.82, 2.24) is 0 Å². The van der Waals surface area contributed by atoms with Crippen molar-refractivity contribution in [2.24, 2.45) is 65.1 Å². The van der Waals surface area contributed by atoms with Crippen LogP contribution in [0.5, 0.6) is 0 Å². The van der Waals surface area contributed by atoms with Gasteiger partial charge in [0.25, 0.3) is 0 Å². The van der Waals surface area contributed by atoms with Crippen LogP contribution in [0.2, 0.25) is 0 Å². The number of hydrogen-bond acceptors (Lipinski definition) is 5. The number of allylic oxidation sites excluding steroid dienone is 10. The summed E-state index contributed by atoms with van der Waals surface area (Å²) in [5, 5.41) is 0. The summed E-state index contributed by atoms with van der Waals surface area (Å²) < 4.78 is 0. The highest BCUT2D eigenvalue weighted by atomic mass is 16.1. The molecule has 5 rings (SSSR count).